The first-order chi connectivity index (χ1) is 14.2. The van der Waals surface area contributed by atoms with Gasteiger partial charge in [0, 0.05) is 25.2 Å². The second kappa shape index (κ2) is 13.3. The zero-order chi connectivity index (χ0) is 22.6. The van der Waals surface area contributed by atoms with Crippen LogP contribution in [0.25, 0.3) is 0 Å². The summed E-state index contributed by atoms with van der Waals surface area (Å²) in [5.74, 6) is -0.835. The molecule has 1 amide bonds. The highest BCUT2D eigenvalue weighted by Crippen LogP contribution is 2.19. The molecular formula is C20H31N3O5S2. The van der Waals surface area contributed by atoms with Crippen LogP contribution in [0.1, 0.15) is 52.9 Å². The van der Waals surface area contributed by atoms with E-state index in [1.165, 1.54) is 16.4 Å². The molecule has 1 aromatic rings. The highest BCUT2D eigenvalue weighted by molar-refractivity contribution is 7.89. The van der Waals surface area contributed by atoms with Crippen LogP contribution in [0.4, 0.5) is 5.69 Å². The van der Waals surface area contributed by atoms with Crippen molar-refractivity contribution in [2.24, 2.45) is 0 Å². The van der Waals surface area contributed by atoms with Gasteiger partial charge in [0.25, 0.3) is 0 Å². The van der Waals surface area contributed by atoms with Gasteiger partial charge in [-0.3, -0.25) is 9.59 Å². The molecule has 168 valence electrons. The maximum absolute atomic E-state index is 12.8. The van der Waals surface area contributed by atoms with Crippen molar-refractivity contribution in [2.75, 3.05) is 25.0 Å². The molecule has 0 fully saturated rings. The van der Waals surface area contributed by atoms with Gasteiger partial charge in [0.15, 0.2) is 5.11 Å². The van der Waals surface area contributed by atoms with Crippen LogP contribution in [0.5, 0.6) is 0 Å². The summed E-state index contributed by atoms with van der Waals surface area (Å²) in [6.45, 7) is 7.04. The number of anilines is 1. The largest absolute Gasteiger partial charge is 0.466 e. The molecule has 0 atom stereocenters. The Labute approximate surface area is 184 Å². The Hall–Kier alpha value is -2.04. The second-order valence-corrected chi connectivity index (χ2v) is 9.00. The van der Waals surface area contributed by atoms with Gasteiger partial charge in [0.05, 0.1) is 17.9 Å². The number of sulfonamides is 1. The zero-order valence-corrected chi connectivity index (χ0v) is 19.4. The first kappa shape index (κ1) is 26.0. The number of nitrogens with zero attached hydrogens (tertiary/aromatic N) is 1. The molecule has 0 unspecified atom stereocenters. The molecule has 0 saturated heterocycles. The van der Waals surface area contributed by atoms with Gasteiger partial charge in [0.1, 0.15) is 0 Å². The van der Waals surface area contributed by atoms with E-state index in [9.17, 15) is 18.0 Å². The van der Waals surface area contributed by atoms with E-state index in [1.54, 1.807) is 12.1 Å². The lowest BCUT2D eigenvalue weighted by Gasteiger charge is -2.21. The third kappa shape index (κ3) is 8.76. The Morgan fingerprint density at radius 2 is 1.60 bits per heavy atom. The van der Waals surface area contributed by atoms with Crippen molar-refractivity contribution in [3.8, 4) is 0 Å². The first-order valence-corrected chi connectivity index (χ1v) is 12.0. The van der Waals surface area contributed by atoms with Crippen molar-refractivity contribution in [1.82, 2.24) is 9.62 Å². The van der Waals surface area contributed by atoms with Crippen LogP contribution >= 0.6 is 12.2 Å². The van der Waals surface area contributed by atoms with Crippen LogP contribution in [0.3, 0.4) is 0 Å². The Kier molecular flexibility index (Phi) is 11.5. The Morgan fingerprint density at radius 3 is 2.13 bits per heavy atom. The molecule has 10 heteroatoms. The summed E-state index contributed by atoms with van der Waals surface area (Å²) in [4.78, 5) is 23.5. The number of carbonyl (C=O) groups excluding carboxylic acids is 2. The number of rotatable bonds is 12. The molecule has 0 aromatic heterocycles. The number of esters is 1. The molecule has 0 aliphatic heterocycles. The van der Waals surface area contributed by atoms with E-state index >= 15 is 0 Å². The molecule has 0 spiro atoms. The minimum Gasteiger partial charge on any atom is -0.466 e. The molecule has 0 heterocycles. The number of thiocarbonyl (C=S) groups is 1. The maximum atomic E-state index is 12.8. The van der Waals surface area contributed by atoms with Gasteiger partial charge in [-0.25, -0.2) is 8.42 Å². The van der Waals surface area contributed by atoms with E-state index in [4.69, 9.17) is 17.0 Å². The highest BCUT2D eigenvalue weighted by Gasteiger charge is 2.22. The van der Waals surface area contributed by atoms with Crippen molar-refractivity contribution in [2.45, 2.75) is 57.8 Å². The SMILES string of the molecule is CCCOC(=O)CCC(=O)NC(=S)Nc1ccc(S(=O)(=O)N(CCC)CCC)cc1. The van der Waals surface area contributed by atoms with E-state index < -0.39 is 21.9 Å². The first-order valence-electron chi connectivity index (χ1n) is 10.1. The monoisotopic (exact) mass is 457 g/mol. The maximum Gasteiger partial charge on any atom is 0.306 e. The molecule has 8 nitrogen and oxygen atoms in total. The predicted molar refractivity (Wildman–Crippen MR) is 121 cm³/mol. The van der Waals surface area contributed by atoms with E-state index in [1.807, 2.05) is 20.8 Å². The van der Waals surface area contributed by atoms with Gasteiger partial charge < -0.3 is 15.4 Å². The van der Waals surface area contributed by atoms with Crippen LogP contribution in [0.2, 0.25) is 0 Å². The average Bonchev–Trinajstić information content (AvgIpc) is 2.70. The summed E-state index contributed by atoms with van der Waals surface area (Å²) in [5.41, 5.74) is 0.541. The lowest BCUT2D eigenvalue weighted by molar-refractivity contribution is -0.144. The van der Waals surface area contributed by atoms with Crippen LogP contribution in [0.15, 0.2) is 29.2 Å². The van der Waals surface area contributed by atoms with Crippen LogP contribution in [-0.4, -0.2) is 49.4 Å². The molecule has 0 radical (unpaired) electrons. The second-order valence-electron chi connectivity index (χ2n) is 6.65. The summed E-state index contributed by atoms with van der Waals surface area (Å²) < 4.78 is 31.9. The number of hydrogen-bond acceptors (Lipinski definition) is 6. The predicted octanol–water partition coefficient (Wildman–Crippen LogP) is 3.04. The van der Waals surface area contributed by atoms with E-state index in [0.29, 0.717) is 25.4 Å². The van der Waals surface area contributed by atoms with Crippen molar-refractivity contribution in [3.05, 3.63) is 24.3 Å². The summed E-state index contributed by atoms with van der Waals surface area (Å²) in [6.07, 6.45) is 2.15. The molecule has 0 aliphatic carbocycles. The van der Waals surface area contributed by atoms with Crippen molar-refractivity contribution < 1.29 is 22.7 Å². The number of carbonyl (C=O) groups is 2. The minimum absolute atomic E-state index is 0.0208. The van der Waals surface area contributed by atoms with Crippen molar-refractivity contribution in [3.63, 3.8) is 0 Å². The van der Waals surface area contributed by atoms with Gasteiger partial charge >= 0.3 is 5.97 Å². The molecule has 0 bridgehead atoms. The lowest BCUT2D eigenvalue weighted by Crippen LogP contribution is -2.34. The molecule has 1 aromatic carbocycles. The van der Waals surface area contributed by atoms with Gasteiger partial charge in [-0.05, 0) is 55.7 Å². The van der Waals surface area contributed by atoms with Crippen LogP contribution < -0.4 is 10.6 Å². The van der Waals surface area contributed by atoms with E-state index in [0.717, 1.165) is 19.3 Å². The van der Waals surface area contributed by atoms with Crippen molar-refractivity contribution in [1.29, 1.82) is 0 Å². The number of amides is 1. The fourth-order valence-electron chi connectivity index (χ4n) is 2.57. The third-order valence-corrected chi connectivity index (χ3v) is 6.09. The van der Waals surface area contributed by atoms with Crippen LogP contribution in [-0.2, 0) is 24.3 Å². The van der Waals surface area contributed by atoms with E-state index in [2.05, 4.69) is 10.6 Å². The van der Waals surface area contributed by atoms with Gasteiger partial charge in [0.2, 0.25) is 15.9 Å². The Balaban J connectivity index is 2.62. The number of hydrogen-bond donors (Lipinski definition) is 2. The molecular weight excluding hydrogens is 426 g/mol. The number of benzene rings is 1. The number of ether oxygens (including phenoxy) is 1. The van der Waals surface area contributed by atoms with Crippen LogP contribution in [0, 0.1) is 0 Å². The summed E-state index contributed by atoms with van der Waals surface area (Å²) >= 11 is 5.09. The fourth-order valence-corrected chi connectivity index (χ4v) is 4.42. The number of nitrogens with one attached hydrogen (secondary N) is 2. The Bertz CT molecular complexity index is 804. The average molecular weight is 458 g/mol. The van der Waals surface area contributed by atoms with Gasteiger partial charge in [-0.1, -0.05) is 20.8 Å². The zero-order valence-electron chi connectivity index (χ0n) is 17.8. The van der Waals surface area contributed by atoms with Crippen molar-refractivity contribution >= 4 is 44.9 Å². The fraction of sp³-hybridized carbons (Fsp3) is 0.550. The standard InChI is InChI=1S/C20H31N3O5S2/c1-4-13-23(14-5-2)30(26,27)17-9-7-16(8-10-17)21-20(29)22-18(24)11-12-19(25)28-15-6-3/h7-10H,4-6,11-15H2,1-3H3,(H2,21,22,24,29). The topological polar surface area (TPSA) is 105 Å². The normalized spacial score (nSPS) is 11.2. The summed E-state index contributed by atoms with van der Waals surface area (Å²) in [5, 5.41) is 5.38. The summed E-state index contributed by atoms with van der Waals surface area (Å²) in [6, 6.07) is 6.18. The third-order valence-electron chi connectivity index (χ3n) is 3.97. The smallest absolute Gasteiger partial charge is 0.306 e. The lowest BCUT2D eigenvalue weighted by atomic mass is 10.3. The molecule has 0 saturated carbocycles. The Morgan fingerprint density at radius 1 is 1.00 bits per heavy atom. The minimum atomic E-state index is -3.55. The quantitative estimate of drug-likeness (QED) is 0.367. The molecule has 2 N–H and O–H groups in total. The molecule has 0 aliphatic rings. The highest BCUT2D eigenvalue weighted by atomic mass is 32.2. The van der Waals surface area contributed by atoms with Gasteiger partial charge in [-0.15, -0.1) is 0 Å². The molecule has 30 heavy (non-hydrogen) atoms. The van der Waals surface area contributed by atoms with Gasteiger partial charge in [-0.2, -0.15) is 4.31 Å². The van der Waals surface area contributed by atoms with E-state index in [-0.39, 0.29) is 22.8 Å². The molecule has 1 rings (SSSR count). The summed E-state index contributed by atoms with van der Waals surface area (Å²) in [7, 11) is -3.55.